The number of carbonyl (C=O) groups is 1. The molecule has 64 valence electrons. The monoisotopic (exact) mass is 158 g/mol. The van der Waals surface area contributed by atoms with Crippen LogP contribution in [0, 0.1) is 5.41 Å². The highest BCUT2D eigenvalue weighted by Crippen LogP contribution is 2.44. The summed E-state index contributed by atoms with van der Waals surface area (Å²) in [5, 5.41) is 14.0. The Kier molecular flexibility index (Phi) is 2.34. The Labute approximate surface area is 66.0 Å². The predicted octanol–water partition coefficient (Wildman–Crippen LogP) is -0.312. The first kappa shape index (κ1) is 8.33. The summed E-state index contributed by atoms with van der Waals surface area (Å²) in [6.45, 7) is 0.764. The molecule has 11 heavy (non-hydrogen) atoms. The van der Waals surface area contributed by atoms with Crippen molar-refractivity contribution in [2.75, 3.05) is 20.2 Å². The molecule has 3 N–H and O–H groups in total. The van der Waals surface area contributed by atoms with Gasteiger partial charge in [-0.05, 0) is 12.8 Å². The highest BCUT2D eigenvalue weighted by Gasteiger charge is 2.41. The molecule has 1 aliphatic rings. The molecule has 0 unspecified atom stereocenters. The second-order valence-corrected chi connectivity index (χ2v) is 3.09. The predicted molar refractivity (Wildman–Crippen MR) is 41.2 cm³/mol. The Morgan fingerprint density at radius 3 is 2.64 bits per heavy atom. The number of aliphatic hydroxyl groups excluding tert-OH is 1. The Morgan fingerprint density at radius 2 is 2.27 bits per heavy atom. The molecule has 0 atom stereocenters. The summed E-state index contributed by atoms with van der Waals surface area (Å²) in [7, 11) is 1.58. The quantitative estimate of drug-likeness (QED) is 0.527. The Hall–Kier alpha value is -0.770. The van der Waals surface area contributed by atoms with Crippen molar-refractivity contribution in [2.24, 2.45) is 5.41 Å². The van der Waals surface area contributed by atoms with Gasteiger partial charge in [0.25, 0.3) is 0 Å². The highest BCUT2D eigenvalue weighted by atomic mass is 16.3. The number of hydrogen-bond acceptors (Lipinski definition) is 2. The second-order valence-electron chi connectivity index (χ2n) is 3.09. The molecular formula is C7H14N2O2. The summed E-state index contributed by atoms with van der Waals surface area (Å²) in [4.78, 5) is 10.7. The number of nitrogens with one attached hydrogen (secondary N) is 2. The molecule has 0 aromatic heterocycles. The van der Waals surface area contributed by atoms with Crippen molar-refractivity contribution in [3.05, 3.63) is 0 Å². The van der Waals surface area contributed by atoms with Crippen molar-refractivity contribution in [2.45, 2.75) is 12.8 Å². The Morgan fingerprint density at radius 1 is 1.64 bits per heavy atom. The maximum absolute atomic E-state index is 10.7. The lowest BCUT2D eigenvalue weighted by atomic mass is 10.1. The van der Waals surface area contributed by atoms with E-state index in [2.05, 4.69) is 10.6 Å². The Balaban J connectivity index is 2.16. The summed E-state index contributed by atoms with van der Waals surface area (Å²) in [6, 6.07) is -0.176. The fourth-order valence-corrected chi connectivity index (χ4v) is 0.924. The fourth-order valence-electron chi connectivity index (χ4n) is 0.924. The van der Waals surface area contributed by atoms with E-state index in [1.54, 1.807) is 7.05 Å². The van der Waals surface area contributed by atoms with E-state index < -0.39 is 0 Å². The van der Waals surface area contributed by atoms with Gasteiger partial charge in [-0.15, -0.1) is 0 Å². The van der Waals surface area contributed by atoms with Gasteiger partial charge in [0.1, 0.15) is 0 Å². The number of carbonyl (C=O) groups excluding carboxylic acids is 1. The number of urea groups is 1. The van der Waals surface area contributed by atoms with Gasteiger partial charge < -0.3 is 15.7 Å². The number of aliphatic hydroxyl groups is 1. The van der Waals surface area contributed by atoms with Gasteiger partial charge >= 0.3 is 6.03 Å². The first-order valence-corrected chi connectivity index (χ1v) is 3.79. The molecule has 0 aliphatic heterocycles. The van der Waals surface area contributed by atoms with E-state index >= 15 is 0 Å². The van der Waals surface area contributed by atoms with E-state index in [0.29, 0.717) is 6.54 Å². The van der Waals surface area contributed by atoms with E-state index in [9.17, 15) is 4.79 Å². The van der Waals surface area contributed by atoms with E-state index in [1.807, 2.05) is 0 Å². The van der Waals surface area contributed by atoms with Gasteiger partial charge in [0.2, 0.25) is 0 Å². The van der Waals surface area contributed by atoms with Crippen molar-refractivity contribution < 1.29 is 9.90 Å². The van der Waals surface area contributed by atoms with E-state index in [1.165, 1.54) is 0 Å². The number of rotatable bonds is 3. The van der Waals surface area contributed by atoms with E-state index in [-0.39, 0.29) is 18.1 Å². The second kappa shape index (κ2) is 3.09. The van der Waals surface area contributed by atoms with Crippen molar-refractivity contribution >= 4 is 6.03 Å². The van der Waals surface area contributed by atoms with Crippen LogP contribution in [0.5, 0.6) is 0 Å². The third-order valence-electron chi connectivity index (χ3n) is 2.14. The van der Waals surface area contributed by atoms with Crippen molar-refractivity contribution in [3.63, 3.8) is 0 Å². The minimum absolute atomic E-state index is 0.00646. The lowest BCUT2D eigenvalue weighted by Gasteiger charge is -2.11. The maximum Gasteiger partial charge on any atom is 0.314 e. The lowest BCUT2D eigenvalue weighted by Crippen LogP contribution is -2.37. The average Bonchev–Trinajstić information content (AvgIpc) is 2.81. The lowest BCUT2D eigenvalue weighted by molar-refractivity contribution is 0.203. The molecule has 0 aromatic carbocycles. The SMILES string of the molecule is CNC(=O)NCC1(CO)CC1. The zero-order valence-corrected chi connectivity index (χ0v) is 6.68. The number of amides is 2. The average molecular weight is 158 g/mol. The summed E-state index contributed by atoms with van der Waals surface area (Å²) in [6.07, 6.45) is 2.04. The molecule has 4 nitrogen and oxygen atoms in total. The van der Waals surface area contributed by atoms with Crippen LogP contribution in [0.15, 0.2) is 0 Å². The molecule has 0 bridgehead atoms. The normalized spacial score (nSPS) is 19.1. The molecule has 1 saturated carbocycles. The van der Waals surface area contributed by atoms with Crippen LogP contribution in [0.3, 0.4) is 0 Å². The van der Waals surface area contributed by atoms with Crippen LogP contribution < -0.4 is 10.6 Å². The fraction of sp³-hybridized carbons (Fsp3) is 0.857. The first-order valence-electron chi connectivity index (χ1n) is 3.79. The van der Waals surface area contributed by atoms with Crippen molar-refractivity contribution in [1.29, 1.82) is 0 Å². The molecule has 0 radical (unpaired) electrons. The molecule has 0 saturated heterocycles. The minimum atomic E-state index is -0.176. The van der Waals surface area contributed by atoms with E-state index in [0.717, 1.165) is 12.8 Å². The topological polar surface area (TPSA) is 61.4 Å². The van der Waals surface area contributed by atoms with Crippen LogP contribution in [0.4, 0.5) is 4.79 Å². The molecule has 4 heteroatoms. The van der Waals surface area contributed by atoms with Gasteiger partial charge in [-0.2, -0.15) is 0 Å². The van der Waals surface area contributed by atoms with Crippen LogP contribution in [0.25, 0.3) is 0 Å². The third-order valence-corrected chi connectivity index (χ3v) is 2.14. The summed E-state index contributed by atoms with van der Waals surface area (Å²) in [5.41, 5.74) is 0.00646. The molecule has 1 rings (SSSR count). The van der Waals surface area contributed by atoms with Gasteiger partial charge in [-0.25, -0.2) is 4.79 Å². The van der Waals surface area contributed by atoms with Gasteiger partial charge in [0, 0.05) is 19.0 Å². The molecule has 1 aliphatic carbocycles. The standard InChI is InChI=1S/C7H14N2O2/c1-8-6(11)9-4-7(5-10)2-3-7/h10H,2-5H2,1H3,(H2,8,9,11). The molecule has 0 aromatic rings. The molecule has 0 spiro atoms. The summed E-state index contributed by atoms with van der Waals surface area (Å²) < 4.78 is 0. The van der Waals surface area contributed by atoms with Crippen molar-refractivity contribution in [3.8, 4) is 0 Å². The summed E-state index contributed by atoms with van der Waals surface area (Å²) in [5.74, 6) is 0. The maximum atomic E-state index is 10.7. The van der Waals surface area contributed by atoms with Crippen molar-refractivity contribution in [1.82, 2.24) is 10.6 Å². The Bertz CT molecular complexity index is 155. The molecule has 2 amide bonds. The molecular weight excluding hydrogens is 144 g/mol. The van der Waals surface area contributed by atoms with Gasteiger partial charge in [0.15, 0.2) is 0 Å². The van der Waals surface area contributed by atoms with Crippen LogP contribution in [0.2, 0.25) is 0 Å². The highest BCUT2D eigenvalue weighted by molar-refractivity contribution is 5.73. The largest absolute Gasteiger partial charge is 0.396 e. The van der Waals surface area contributed by atoms with Crippen LogP contribution in [0.1, 0.15) is 12.8 Å². The van der Waals surface area contributed by atoms with Gasteiger partial charge in [-0.3, -0.25) is 0 Å². The first-order chi connectivity index (χ1) is 5.22. The molecule has 1 fully saturated rings. The van der Waals surface area contributed by atoms with Crippen LogP contribution in [-0.4, -0.2) is 31.3 Å². The zero-order chi connectivity index (χ0) is 8.32. The van der Waals surface area contributed by atoms with E-state index in [4.69, 9.17) is 5.11 Å². The zero-order valence-electron chi connectivity index (χ0n) is 6.68. The van der Waals surface area contributed by atoms with Crippen LogP contribution in [-0.2, 0) is 0 Å². The minimum Gasteiger partial charge on any atom is -0.396 e. The van der Waals surface area contributed by atoms with Gasteiger partial charge in [-0.1, -0.05) is 0 Å². The van der Waals surface area contributed by atoms with Crippen LogP contribution >= 0.6 is 0 Å². The smallest absolute Gasteiger partial charge is 0.314 e. The van der Waals surface area contributed by atoms with Gasteiger partial charge in [0.05, 0.1) is 6.61 Å². The third kappa shape index (κ3) is 2.08. The molecule has 0 heterocycles. The summed E-state index contributed by atoms with van der Waals surface area (Å²) >= 11 is 0. The number of hydrogen-bond donors (Lipinski definition) is 3.